The third-order valence-electron chi connectivity index (χ3n) is 4.65. The van der Waals surface area contributed by atoms with Crippen LogP contribution < -0.4 is 9.47 Å². The van der Waals surface area contributed by atoms with Gasteiger partial charge in [-0.3, -0.25) is 0 Å². The van der Waals surface area contributed by atoms with Crippen molar-refractivity contribution in [3.05, 3.63) is 87.4 Å². The zero-order valence-corrected chi connectivity index (χ0v) is 17.0. The van der Waals surface area contributed by atoms with Gasteiger partial charge in [-0.05, 0) is 41.5 Å². The number of fused-ring (bicyclic) bond motifs is 1. The first-order valence-corrected chi connectivity index (χ1v) is 9.65. The molecule has 148 valence electrons. The summed E-state index contributed by atoms with van der Waals surface area (Å²) in [7, 11) is 1.58. The van der Waals surface area contributed by atoms with E-state index in [-0.39, 0.29) is 17.3 Å². The molecule has 29 heavy (non-hydrogen) atoms. The summed E-state index contributed by atoms with van der Waals surface area (Å²) in [4.78, 5) is 7.39. The third-order valence-corrected chi connectivity index (χ3v) is 5.32. The maximum Gasteiger partial charge on any atom is 0.138 e. The van der Waals surface area contributed by atoms with Crippen molar-refractivity contribution in [2.45, 2.75) is 13.0 Å². The van der Waals surface area contributed by atoms with Gasteiger partial charge < -0.3 is 14.5 Å². The molecule has 0 atom stereocenters. The summed E-state index contributed by atoms with van der Waals surface area (Å²) in [5.74, 6) is 0.664. The highest BCUT2D eigenvalue weighted by molar-refractivity contribution is 6.33. The Kier molecular flexibility index (Phi) is 5.60. The van der Waals surface area contributed by atoms with Crippen LogP contribution in [0, 0.1) is 5.82 Å². The van der Waals surface area contributed by atoms with Gasteiger partial charge in [0, 0.05) is 28.6 Å². The van der Waals surface area contributed by atoms with Crippen molar-refractivity contribution < 1.29 is 13.9 Å². The Balaban J connectivity index is 1.61. The second-order valence-electron chi connectivity index (χ2n) is 6.52. The zero-order chi connectivity index (χ0) is 20.4. The van der Waals surface area contributed by atoms with Crippen molar-refractivity contribution in [3.63, 3.8) is 0 Å². The normalized spacial score (nSPS) is 11.0. The molecule has 0 unspecified atom stereocenters. The maximum absolute atomic E-state index is 14.6. The van der Waals surface area contributed by atoms with Gasteiger partial charge in [0.25, 0.3) is 0 Å². The van der Waals surface area contributed by atoms with Crippen LogP contribution >= 0.6 is 23.2 Å². The van der Waals surface area contributed by atoms with E-state index < -0.39 is 0 Å². The van der Waals surface area contributed by atoms with Crippen LogP contribution in [0.5, 0.6) is 11.5 Å². The Morgan fingerprint density at radius 1 is 1.10 bits per heavy atom. The average Bonchev–Trinajstić information content (AvgIpc) is 3.13. The number of hydrogen-bond acceptors (Lipinski definition) is 3. The number of aromatic amines is 1. The third kappa shape index (κ3) is 4.16. The van der Waals surface area contributed by atoms with Crippen LogP contribution in [-0.2, 0) is 13.0 Å². The molecule has 4 rings (SSSR count). The fourth-order valence-corrected chi connectivity index (χ4v) is 3.48. The van der Waals surface area contributed by atoms with Crippen LogP contribution in [0.4, 0.5) is 4.39 Å². The highest BCUT2D eigenvalue weighted by atomic mass is 35.5. The summed E-state index contributed by atoms with van der Waals surface area (Å²) in [6.45, 7) is 0.302. The molecule has 4 aromatic rings. The van der Waals surface area contributed by atoms with Crippen molar-refractivity contribution in [1.82, 2.24) is 9.97 Å². The second kappa shape index (κ2) is 8.31. The lowest BCUT2D eigenvalue weighted by atomic mass is 10.0. The van der Waals surface area contributed by atoms with E-state index in [1.807, 2.05) is 18.2 Å². The van der Waals surface area contributed by atoms with Gasteiger partial charge in [0.2, 0.25) is 0 Å². The average molecular weight is 431 g/mol. The molecule has 2 heterocycles. The number of ether oxygens (including phenoxy) is 2. The van der Waals surface area contributed by atoms with Crippen LogP contribution in [0.25, 0.3) is 11.0 Å². The molecule has 0 saturated carbocycles. The molecule has 2 aromatic carbocycles. The van der Waals surface area contributed by atoms with Crippen molar-refractivity contribution in [3.8, 4) is 11.5 Å². The van der Waals surface area contributed by atoms with Gasteiger partial charge >= 0.3 is 0 Å². The first-order valence-electron chi connectivity index (χ1n) is 8.89. The molecule has 0 aliphatic carbocycles. The molecule has 4 nitrogen and oxygen atoms in total. The Morgan fingerprint density at radius 3 is 2.66 bits per heavy atom. The van der Waals surface area contributed by atoms with Crippen LogP contribution in [0.15, 0.2) is 54.9 Å². The molecular weight excluding hydrogens is 414 g/mol. The summed E-state index contributed by atoms with van der Waals surface area (Å²) in [5.41, 5.74) is 2.87. The molecule has 0 bridgehead atoms. The molecule has 1 N–H and O–H groups in total. The minimum atomic E-state index is -0.390. The molecule has 0 fully saturated rings. The Hall–Kier alpha value is -2.76. The van der Waals surface area contributed by atoms with Crippen molar-refractivity contribution >= 4 is 34.2 Å². The van der Waals surface area contributed by atoms with Gasteiger partial charge in [0.05, 0.1) is 18.3 Å². The van der Waals surface area contributed by atoms with E-state index in [0.717, 1.165) is 16.5 Å². The van der Waals surface area contributed by atoms with Crippen molar-refractivity contribution in [1.29, 1.82) is 0 Å². The number of rotatable bonds is 6. The molecule has 0 amide bonds. The fourth-order valence-electron chi connectivity index (χ4n) is 3.08. The van der Waals surface area contributed by atoms with Gasteiger partial charge in [0.15, 0.2) is 0 Å². The first kappa shape index (κ1) is 19.6. The summed E-state index contributed by atoms with van der Waals surface area (Å²) in [5, 5.41) is 1.76. The number of benzene rings is 2. The number of H-pyrrole nitrogens is 1. The maximum atomic E-state index is 14.6. The van der Waals surface area contributed by atoms with E-state index in [1.54, 1.807) is 31.6 Å². The van der Waals surface area contributed by atoms with Crippen LogP contribution in [-0.4, -0.2) is 17.1 Å². The predicted octanol–water partition coefficient (Wildman–Crippen LogP) is 6.19. The molecule has 0 aliphatic rings. The highest BCUT2D eigenvalue weighted by Crippen LogP contribution is 2.34. The lowest BCUT2D eigenvalue weighted by molar-refractivity contribution is 0.305. The van der Waals surface area contributed by atoms with E-state index in [4.69, 9.17) is 32.7 Å². The van der Waals surface area contributed by atoms with E-state index >= 15 is 0 Å². The molecular formula is C22H17Cl2FN2O2. The topological polar surface area (TPSA) is 47.1 Å². The number of nitrogens with zero attached hydrogens (tertiary/aromatic N) is 1. The van der Waals surface area contributed by atoms with Gasteiger partial charge in [-0.2, -0.15) is 0 Å². The molecule has 7 heteroatoms. The van der Waals surface area contributed by atoms with Crippen molar-refractivity contribution in [2.75, 3.05) is 7.11 Å². The number of pyridine rings is 1. The lowest BCUT2D eigenvalue weighted by Crippen LogP contribution is -2.00. The number of methoxy groups -OCH3 is 1. The summed E-state index contributed by atoms with van der Waals surface area (Å²) in [6, 6.07) is 12.1. The number of nitrogens with one attached hydrogen (secondary N) is 1. The number of aromatic nitrogens is 2. The quantitative estimate of drug-likeness (QED) is 0.396. The standard InChI is InChI=1S/C22H17Cl2FN2O2/c1-28-16-9-17-14(10-26-22(17)27-11-16)8-18-19(25)6-7-20(21(18)24)29-12-13-2-4-15(23)5-3-13/h2-7,9-11H,8,12H2,1H3,(H,26,27). The van der Waals surface area contributed by atoms with E-state index in [1.165, 1.54) is 12.1 Å². The van der Waals surface area contributed by atoms with E-state index in [9.17, 15) is 4.39 Å². The van der Waals surface area contributed by atoms with Crippen LogP contribution in [0.3, 0.4) is 0 Å². The molecule has 2 aromatic heterocycles. The van der Waals surface area contributed by atoms with Crippen molar-refractivity contribution in [2.24, 2.45) is 0 Å². The summed E-state index contributed by atoms with van der Waals surface area (Å²) in [6.07, 6.45) is 3.72. The van der Waals surface area contributed by atoms with Gasteiger partial charge in [-0.25, -0.2) is 9.37 Å². The Bertz CT molecular complexity index is 1160. The Labute approximate surface area is 177 Å². The van der Waals surface area contributed by atoms with Gasteiger partial charge in [0.1, 0.15) is 29.6 Å². The molecule has 0 saturated heterocycles. The van der Waals surface area contributed by atoms with E-state index in [2.05, 4.69) is 9.97 Å². The van der Waals surface area contributed by atoms with Gasteiger partial charge in [-0.15, -0.1) is 0 Å². The predicted molar refractivity (Wildman–Crippen MR) is 113 cm³/mol. The SMILES string of the molecule is COc1cnc2[nH]cc(Cc3c(F)ccc(OCc4ccc(Cl)cc4)c3Cl)c2c1. The molecule has 0 radical (unpaired) electrons. The fraction of sp³-hybridized carbons (Fsp3) is 0.136. The largest absolute Gasteiger partial charge is 0.495 e. The Morgan fingerprint density at radius 2 is 1.90 bits per heavy atom. The van der Waals surface area contributed by atoms with Crippen LogP contribution in [0.1, 0.15) is 16.7 Å². The number of halogens is 3. The van der Waals surface area contributed by atoms with Gasteiger partial charge in [-0.1, -0.05) is 35.3 Å². The first-order chi connectivity index (χ1) is 14.0. The molecule has 0 spiro atoms. The second-order valence-corrected chi connectivity index (χ2v) is 7.33. The highest BCUT2D eigenvalue weighted by Gasteiger charge is 2.16. The zero-order valence-electron chi connectivity index (χ0n) is 15.5. The summed E-state index contributed by atoms with van der Waals surface area (Å²) >= 11 is 12.4. The summed E-state index contributed by atoms with van der Waals surface area (Å²) < 4.78 is 25.6. The minimum Gasteiger partial charge on any atom is -0.495 e. The lowest BCUT2D eigenvalue weighted by Gasteiger charge is -2.12. The number of hydrogen-bond donors (Lipinski definition) is 1. The molecule has 0 aliphatic heterocycles. The smallest absolute Gasteiger partial charge is 0.138 e. The van der Waals surface area contributed by atoms with Crippen LogP contribution in [0.2, 0.25) is 10.0 Å². The van der Waals surface area contributed by atoms with E-state index in [0.29, 0.717) is 34.3 Å². The minimum absolute atomic E-state index is 0.254. The monoisotopic (exact) mass is 430 g/mol.